The van der Waals surface area contributed by atoms with E-state index in [2.05, 4.69) is 0 Å². The minimum atomic E-state index is -0.997. The maximum absolute atomic E-state index is 10.5. The molecule has 0 heterocycles. The Morgan fingerprint density at radius 3 is 2.68 bits per heavy atom. The van der Waals surface area contributed by atoms with Crippen LogP contribution in [0.25, 0.3) is 0 Å². The number of carbonyl (C=O) groups is 1. The Labute approximate surface area is 113 Å². The van der Waals surface area contributed by atoms with Crippen molar-refractivity contribution in [3.05, 3.63) is 23.8 Å². The molecule has 1 aromatic carbocycles. The first-order valence-corrected chi connectivity index (χ1v) is 6.28. The van der Waals surface area contributed by atoms with Gasteiger partial charge >= 0.3 is 5.97 Å². The van der Waals surface area contributed by atoms with Crippen molar-refractivity contribution in [1.82, 2.24) is 0 Å². The predicted molar refractivity (Wildman–Crippen MR) is 73.9 cm³/mol. The summed E-state index contributed by atoms with van der Waals surface area (Å²) in [5, 5.41) is 18.2. The molecule has 0 saturated carbocycles. The molecule has 0 bridgehead atoms. The fraction of sp³-hybridized carbons (Fsp3) is 0.500. The van der Waals surface area contributed by atoms with Gasteiger partial charge < -0.3 is 19.8 Å². The lowest BCUT2D eigenvalue weighted by atomic mass is 10.1. The molecule has 5 heteroatoms. The molecule has 2 N–H and O–H groups in total. The topological polar surface area (TPSA) is 70.0 Å². The van der Waals surface area contributed by atoms with Crippen LogP contribution in [0.4, 0.5) is 5.69 Å². The third kappa shape index (κ3) is 4.79. The van der Waals surface area contributed by atoms with Crippen molar-refractivity contribution in [1.29, 1.82) is 0 Å². The smallest absolute Gasteiger partial charge is 0.306 e. The van der Waals surface area contributed by atoms with E-state index in [0.29, 0.717) is 6.61 Å². The quantitative estimate of drug-likeness (QED) is 0.786. The molecule has 1 unspecified atom stereocenters. The monoisotopic (exact) mass is 267 g/mol. The van der Waals surface area contributed by atoms with Crippen molar-refractivity contribution in [2.45, 2.75) is 26.4 Å². The molecule has 1 aromatic rings. The van der Waals surface area contributed by atoms with E-state index in [-0.39, 0.29) is 13.0 Å². The number of anilines is 1. The molecule has 5 nitrogen and oxygen atoms in total. The third-order valence-corrected chi connectivity index (χ3v) is 2.79. The summed E-state index contributed by atoms with van der Waals surface area (Å²) in [6, 6.07) is 5.73. The number of aryl methyl sites for hydroxylation is 1. The van der Waals surface area contributed by atoms with Gasteiger partial charge in [0.2, 0.25) is 0 Å². The molecule has 0 aliphatic carbocycles. The second kappa shape index (κ2) is 6.99. The number of ether oxygens (including phenoxy) is 1. The zero-order valence-electron chi connectivity index (χ0n) is 11.6. The van der Waals surface area contributed by atoms with E-state index in [1.807, 2.05) is 44.0 Å². The second-order valence-corrected chi connectivity index (χ2v) is 4.52. The molecule has 0 aliphatic rings. The Morgan fingerprint density at radius 2 is 2.16 bits per heavy atom. The highest BCUT2D eigenvalue weighted by Crippen LogP contribution is 2.24. The summed E-state index contributed by atoms with van der Waals surface area (Å²) in [6.45, 7) is 4.78. The molecule has 106 valence electrons. The van der Waals surface area contributed by atoms with Crippen LogP contribution in [0.3, 0.4) is 0 Å². The van der Waals surface area contributed by atoms with Crippen LogP contribution in [0.2, 0.25) is 0 Å². The summed E-state index contributed by atoms with van der Waals surface area (Å²) in [7, 11) is 1.82. The maximum Gasteiger partial charge on any atom is 0.306 e. The van der Waals surface area contributed by atoms with Crippen molar-refractivity contribution in [3.63, 3.8) is 0 Å². The molecule has 0 fully saturated rings. The number of aliphatic hydroxyl groups is 1. The van der Waals surface area contributed by atoms with Crippen LogP contribution in [0, 0.1) is 6.92 Å². The number of nitrogens with zero attached hydrogens (tertiary/aromatic N) is 1. The fourth-order valence-electron chi connectivity index (χ4n) is 1.88. The van der Waals surface area contributed by atoms with Gasteiger partial charge in [0.25, 0.3) is 0 Å². The van der Waals surface area contributed by atoms with Crippen LogP contribution in [0.1, 0.15) is 18.9 Å². The van der Waals surface area contributed by atoms with Gasteiger partial charge in [0.1, 0.15) is 5.75 Å². The van der Waals surface area contributed by atoms with Gasteiger partial charge in [0.05, 0.1) is 19.1 Å². The Hall–Kier alpha value is -1.75. The number of carboxylic acids is 1. The van der Waals surface area contributed by atoms with Crippen LogP contribution >= 0.6 is 0 Å². The van der Waals surface area contributed by atoms with E-state index in [4.69, 9.17) is 9.84 Å². The molecule has 1 atom stereocenters. The minimum absolute atomic E-state index is 0.250. The molecule has 0 radical (unpaired) electrons. The number of hydrogen-bond donors (Lipinski definition) is 2. The Kier molecular flexibility index (Phi) is 5.63. The van der Waals surface area contributed by atoms with Crippen molar-refractivity contribution in [2.75, 3.05) is 25.1 Å². The number of aliphatic carboxylic acids is 1. The number of hydrogen-bond acceptors (Lipinski definition) is 4. The second-order valence-electron chi connectivity index (χ2n) is 4.52. The molecule has 0 amide bonds. The Bertz CT molecular complexity index is 433. The minimum Gasteiger partial charge on any atom is -0.494 e. The number of carboxylic acid groups (broad SMARTS) is 1. The number of aliphatic hydroxyl groups excluding tert-OH is 1. The average molecular weight is 267 g/mol. The molecular weight excluding hydrogens is 246 g/mol. The van der Waals surface area contributed by atoms with E-state index in [0.717, 1.165) is 17.0 Å². The van der Waals surface area contributed by atoms with E-state index in [1.54, 1.807) is 0 Å². The zero-order chi connectivity index (χ0) is 14.4. The highest BCUT2D eigenvalue weighted by molar-refractivity contribution is 5.67. The third-order valence-electron chi connectivity index (χ3n) is 2.79. The lowest BCUT2D eigenvalue weighted by Gasteiger charge is -2.23. The van der Waals surface area contributed by atoms with Crippen LogP contribution in [0.5, 0.6) is 5.75 Å². The number of rotatable bonds is 7. The van der Waals surface area contributed by atoms with E-state index >= 15 is 0 Å². The summed E-state index contributed by atoms with van der Waals surface area (Å²) < 4.78 is 5.46. The molecule has 1 rings (SSSR count). The lowest BCUT2D eigenvalue weighted by molar-refractivity contribution is -0.139. The first-order chi connectivity index (χ1) is 8.93. The van der Waals surface area contributed by atoms with Crippen molar-refractivity contribution >= 4 is 11.7 Å². The molecular formula is C14H21NO4. The van der Waals surface area contributed by atoms with Crippen LogP contribution < -0.4 is 9.64 Å². The van der Waals surface area contributed by atoms with Crippen LogP contribution in [-0.4, -0.2) is 42.5 Å². The normalized spacial score (nSPS) is 12.0. The Morgan fingerprint density at radius 1 is 1.47 bits per heavy atom. The SMILES string of the molecule is CCOc1ccc(N(C)CC(O)CC(=O)O)cc1C. The number of benzene rings is 1. The van der Waals surface area contributed by atoms with Crippen molar-refractivity contribution < 1.29 is 19.7 Å². The van der Waals surface area contributed by atoms with E-state index in [9.17, 15) is 9.90 Å². The van der Waals surface area contributed by atoms with Crippen molar-refractivity contribution in [3.8, 4) is 5.75 Å². The first kappa shape index (κ1) is 15.3. The van der Waals surface area contributed by atoms with Gasteiger partial charge in [-0.2, -0.15) is 0 Å². The summed E-state index contributed by atoms with van der Waals surface area (Å²) in [4.78, 5) is 12.3. The van der Waals surface area contributed by atoms with Crippen LogP contribution in [0.15, 0.2) is 18.2 Å². The maximum atomic E-state index is 10.5. The summed E-state index contributed by atoms with van der Waals surface area (Å²) in [6.07, 6.45) is -1.13. The van der Waals surface area contributed by atoms with Gasteiger partial charge in [-0.15, -0.1) is 0 Å². The molecule has 0 saturated heterocycles. The summed E-state index contributed by atoms with van der Waals surface area (Å²) in [5.41, 5.74) is 1.93. The van der Waals surface area contributed by atoms with Gasteiger partial charge in [-0.05, 0) is 37.6 Å². The highest BCUT2D eigenvalue weighted by atomic mass is 16.5. The highest BCUT2D eigenvalue weighted by Gasteiger charge is 2.13. The van der Waals surface area contributed by atoms with Gasteiger partial charge in [0, 0.05) is 19.3 Å². The summed E-state index contributed by atoms with van der Waals surface area (Å²) >= 11 is 0. The van der Waals surface area contributed by atoms with E-state index in [1.165, 1.54) is 0 Å². The largest absolute Gasteiger partial charge is 0.494 e. The summed E-state index contributed by atoms with van der Waals surface area (Å²) in [5.74, 6) is -0.158. The molecule has 19 heavy (non-hydrogen) atoms. The molecule has 0 spiro atoms. The molecule has 0 aromatic heterocycles. The first-order valence-electron chi connectivity index (χ1n) is 6.28. The zero-order valence-corrected chi connectivity index (χ0v) is 11.6. The van der Waals surface area contributed by atoms with Gasteiger partial charge in [-0.3, -0.25) is 4.79 Å². The average Bonchev–Trinajstić information content (AvgIpc) is 2.30. The lowest BCUT2D eigenvalue weighted by Crippen LogP contribution is -2.30. The molecule has 0 aliphatic heterocycles. The van der Waals surface area contributed by atoms with Gasteiger partial charge in [0.15, 0.2) is 0 Å². The fourth-order valence-corrected chi connectivity index (χ4v) is 1.88. The Balaban J connectivity index is 2.69. The van der Waals surface area contributed by atoms with Gasteiger partial charge in [-0.1, -0.05) is 0 Å². The van der Waals surface area contributed by atoms with Gasteiger partial charge in [-0.25, -0.2) is 0 Å². The predicted octanol–water partition coefficient (Wildman–Crippen LogP) is 1.67. The van der Waals surface area contributed by atoms with E-state index < -0.39 is 12.1 Å². The van der Waals surface area contributed by atoms with Crippen molar-refractivity contribution in [2.24, 2.45) is 0 Å². The standard InChI is InChI=1S/C14H21NO4/c1-4-19-13-6-5-11(7-10(13)2)15(3)9-12(16)8-14(17)18/h5-7,12,16H,4,8-9H2,1-3H3,(H,17,18). The number of likely N-dealkylation sites (N-methyl/N-ethyl adjacent to an activating group) is 1. The van der Waals surface area contributed by atoms with Crippen LogP contribution in [-0.2, 0) is 4.79 Å².